The minimum absolute atomic E-state index is 0.0301. The minimum atomic E-state index is -0.922. The Kier molecular flexibility index (Phi) is 11.4. The quantitative estimate of drug-likeness (QED) is 0.536. The van der Waals surface area contributed by atoms with E-state index in [1.807, 2.05) is 20.8 Å². The Bertz CT molecular complexity index is 1160. The van der Waals surface area contributed by atoms with Crippen LogP contribution in [0.5, 0.6) is 5.75 Å². The highest BCUT2D eigenvalue weighted by Crippen LogP contribution is 2.23. The van der Waals surface area contributed by atoms with Crippen LogP contribution < -0.4 is 20.7 Å². The van der Waals surface area contributed by atoms with E-state index >= 15 is 0 Å². The SMILES string of the molecule is CCC(C)[C@@H]1NC[C@@H](C)Oc2cc(F)ccc2CCCNC(=O)[C@@H](Cc2ccc(F)cc2)NC(=O)CN(C)C1=O. The summed E-state index contributed by atoms with van der Waals surface area (Å²) in [6.45, 7) is 6.20. The number of ether oxygens (including phenoxy) is 1. The second kappa shape index (κ2) is 14.7. The maximum absolute atomic E-state index is 14.1. The number of carbonyl (C=O) groups is 3. The molecule has 3 amide bonds. The Morgan fingerprint density at radius 1 is 1.07 bits per heavy atom. The van der Waals surface area contributed by atoms with Gasteiger partial charge in [-0.1, -0.05) is 38.5 Å². The normalized spacial score (nSPS) is 22.7. The molecule has 8 nitrogen and oxygen atoms in total. The summed E-state index contributed by atoms with van der Waals surface area (Å²) in [6.07, 6.45) is 1.61. The van der Waals surface area contributed by atoms with E-state index in [2.05, 4.69) is 16.0 Å². The van der Waals surface area contributed by atoms with Crippen molar-refractivity contribution in [2.24, 2.45) is 5.92 Å². The third-order valence-electron chi connectivity index (χ3n) is 7.15. The lowest BCUT2D eigenvalue weighted by Gasteiger charge is -2.30. The lowest BCUT2D eigenvalue weighted by Crippen LogP contribution is -2.54. The molecule has 0 aromatic heterocycles. The van der Waals surface area contributed by atoms with Crippen molar-refractivity contribution < 1.29 is 27.9 Å². The van der Waals surface area contributed by atoms with Gasteiger partial charge >= 0.3 is 0 Å². The molecule has 40 heavy (non-hydrogen) atoms. The van der Waals surface area contributed by atoms with Crippen LogP contribution in [0.1, 0.15) is 44.7 Å². The molecule has 0 aliphatic carbocycles. The monoisotopic (exact) mass is 558 g/mol. The highest BCUT2D eigenvalue weighted by molar-refractivity contribution is 5.91. The molecular weight excluding hydrogens is 518 g/mol. The highest BCUT2D eigenvalue weighted by atomic mass is 19.1. The average Bonchev–Trinajstić information content (AvgIpc) is 2.91. The fraction of sp³-hybridized carbons (Fsp3) is 0.500. The van der Waals surface area contributed by atoms with Gasteiger partial charge in [0.1, 0.15) is 29.5 Å². The summed E-state index contributed by atoms with van der Waals surface area (Å²) in [5.41, 5.74) is 1.48. The number of aryl methyl sites for hydroxylation is 1. The third kappa shape index (κ3) is 9.01. The van der Waals surface area contributed by atoms with Crippen molar-refractivity contribution in [3.8, 4) is 5.75 Å². The van der Waals surface area contributed by atoms with Crippen LogP contribution in [0.4, 0.5) is 8.78 Å². The molecule has 2 aromatic carbocycles. The second-order valence-electron chi connectivity index (χ2n) is 10.5. The number of fused-ring (bicyclic) bond motifs is 1. The molecule has 3 N–H and O–H groups in total. The smallest absolute Gasteiger partial charge is 0.242 e. The standard InChI is InChI=1S/C30H40F2N4O4/c1-5-19(2)28-30(39)36(4)18-27(37)35-25(15-21-8-11-23(31)12-9-21)29(38)33-14-6-7-22-10-13-24(32)16-26(22)40-20(3)17-34-28/h8-13,16,19-20,25,28,34H,5-7,14-15,17-18H2,1-4H3,(H,33,38)(H,35,37)/t19?,20-,25-,28+/m1/s1. The Labute approximate surface area is 234 Å². The van der Waals surface area contributed by atoms with Crippen molar-refractivity contribution in [1.29, 1.82) is 0 Å². The number of carbonyl (C=O) groups excluding carboxylic acids is 3. The number of halogens is 2. The van der Waals surface area contributed by atoms with Crippen LogP contribution in [0.2, 0.25) is 0 Å². The van der Waals surface area contributed by atoms with Crippen LogP contribution in [0, 0.1) is 17.6 Å². The van der Waals surface area contributed by atoms with Crippen LogP contribution in [0.25, 0.3) is 0 Å². The van der Waals surface area contributed by atoms with Gasteiger partial charge in [0.05, 0.1) is 12.6 Å². The van der Waals surface area contributed by atoms with Gasteiger partial charge in [-0.15, -0.1) is 0 Å². The first-order valence-corrected chi connectivity index (χ1v) is 13.8. The topological polar surface area (TPSA) is 99.8 Å². The van der Waals surface area contributed by atoms with Crippen molar-refractivity contribution in [3.63, 3.8) is 0 Å². The molecule has 0 saturated carbocycles. The number of hydrogen-bond acceptors (Lipinski definition) is 5. The van der Waals surface area contributed by atoms with Crippen molar-refractivity contribution in [2.75, 3.05) is 26.7 Å². The molecule has 0 bridgehead atoms. The number of rotatable bonds is 4. The van der Waals surface area contributed by atoms with Crippen LogP contribution in [0.15, 0.2) is 42.5 Å². The zero-order chi connectivity index (χ0) is 29.2. The van der Waals surface area contributed by atoms with E-state index < -0.39 is 35.5 Å². The number of nitrogens with zero attached hydrogens (tertiary/aromatic N) is 1. The van der Waals surface area contributed by atoms with Gasteiger partial charge in [0.2, 0.25) is 17.7 Å². The third-order valence-corrected chi connectivity index (χ3v) is 7.15. The number of benzene rings is 2. The Morgan fingerprint density at radius 3 is 2.48 bits per heavy atom. The van der Waals surface area contributed by atoms with E-state index in [9.17, 15) is 23.2 Å². The number of hydrogen-bond donors (Lipinski definition) is 3. The fourth-order valence-electron chi connectivity index (χ4n) is 4.61. The van der Waals surface area contributed by atoms with E-state index in [1.54, 1.807) is 25.2 Å². The molecule has 1 aliphatic heterocycles. The predicted molar refractivity (Wildman–Crippen MR) is 149 cm³/mol. The lowest BCUT2D eigenvalue weighted by atomic mass is 9.97. The van der Waals surface area contributed by atoms with E-state index in [-0.39, 0.29) is 30.9 Å². The van der Waals surface area contributed by atoms with Crippen LogP contribution in [-0.2, 0) is 27.2 Å². The molecule has 10 heteroatoms. The minimum Gasteiger partial charge on any atom is -0.489 e. The van der Waals surface area contributed by atoms with Crippen molar-refractivity contribution in [2.45, 2.75) is 64.6 Å². The second-order valence-corrected chi connectivity index (χ2v) is 10.5. The molecule has 4 atom stereocenters. The molecule has 218 valence electrons. The van der Waals surface area contributed by atoms with Gasteiger partial charge in [0.15, 0.2) is 0 Å². The molecule has 1 unspecified atom stereocenters. The van der Waals surface area contributed by atoms with Crippen molar-refractivity contribution in [3.05, 3.63) is 65.2 Å². The Balaban J connectivity index is 1.86. The van der Waals surface area contributed by atoms with E-state index in [0.29, 0.717) is 37.2 Å². The van der Waals surface area contributed by atoms with E-state index in [1.165, 1.54) is 29.2 Å². The van der Waals surface area contributed by atoms with Gasteiger partial charge in [-0.3, -0.25) is 14.4 Å². The van der Waals surface area contributed by atoms with Crippen LogP contribution in [0.3, 0.4) is 0 Å². The molecule has 0 radical (unpaired) electrons. The number of nitrogens with one attached hydrogen (secondary N) is 3. The molecular formula is C30H40F2N4O4. The molecule has 0 saturated heterocycles. The summed E-state index contributed by atoms with van der Waals surface area (Å²) >= 11 is 0. The highest BCUT2D eigenvalue weighted by Gasteiger charge is 2.29. The Hall–Kier alpha value is -3.53. The molecule has 1 heterocycles. The first-order chi connectivity index (χ1) is 19.1. The number of amides is 3. The summed E-state index contributed by atoms with van der Waals surface area (Å²) in [5.74, 6) is -1.55. The Morgan fingerprint density at radius 2 is 1.77 bits per heavy atom. The zero-order valence-corrected chi connectivity index (χ0v) is 23.6. The fourth-order valence-corrected chi connectivity index (χ4v) is 4.61. The zero-order valence-electron chi connectivity index (χ0n) is 23.6. The van der Waals surface area contributed by atoms with Crippen molar-refractivity contribution >= 4 is 17.7 Å². The summed E-state index contributed by atoms with van der Waals surface area (Å²) in [6, 6.07) is 8.63. The van der Waals surface area contributed by atoms with Crippen molar-refractivity contribution in [1.82, 2.24) is 20.9 Å². The van der Waals surface area contributed by atoms with Gasteiger partial charge in [0.25, 0.3) is 0 Å². The summed E-state index contributed by atoms with van der Waals surface area (Å²) in [7, 11) is 1.55. The van der Waals surface area contributed by atoms with Gasteiger partial charge in [-0.05, 0) is 55.0 Å². The number of likely N-dealkylation sites (N-methyl/N-ethyl adjacent to an activating group) is 1. The van der Waals surface area contributed by atoms with Gasteiger partial charge in [-0.25, -0.2) is 8.78 Å². The lowest BCUT2D eigenvalue weighted by molar-refractivity contribution is -0.138. The molecule has 3 rings (SSSR count). The largest absolute Gasteiger partial charge is 0.489 e. The molecule has 0 spiro atoms. The van der Waals surface area contributed by atoms with E-state index in [4.69, 9.17) is 4.74 Å². The summed E-state index contributed by atoms with van der Waals surface area (Å²) < 4.78 is 33.5. The maximum atomic E-state index is 14.1. The molecule has 2 aromatic rings. The van der Waals surface area contributed by atoms with E-state index in [0.717, 1.165) is 12.0 Å². The van der Waals surface area contributed by atoms with Gasteiger partial charge in [0, 0.05) is 32.6 Å². The summed E-state index contributed by atoms with van der Waals surface area (Å²) in [5, 5.41) is 8.89. The first-order valence-electron chi connectivity index (χ1n) is 13.8. The first kappa shape index (κ1) is 31.0. The van der Waals surface area contributed by atoms with Gasteiger partial charge < -0.3 is 25.6 Å². The maximum Gasteiger partial charge on any atom is 0.242 e. The summed E-state index contributed by atoms with van der Waals surface area (Å²) in [4.78, 5) is 40.8. The molecule has 1 aliphatic rings. The predicted octanol–water partition coefficient (Wildman–Crippen LogP) is 2.98. The van der Waals surface area contributed by atoms with Crippen LogP contribution >= 0.6 is 0 Å². The molecule has 0 fully saturated rings. The van der Waals surface area contributed by atoms with Gasteiger partial charge in [-0.2, -0.15) is 0 Å². The average molecular weight is 559 g/mol. The van der Waals surface area contributed by atoms with Crippen LogP contribution in [-0.4, -0.2) is 67.5 Å².